The molecular weight excluding hydrogens is 434 g/mol. The third-order valence-corrected chi connectivity index (χ3v) is 7.03. The zero-order chi connectivity index (χ0) is 21.2. The molecule has 0 aliphatic heterocycles. The molecule has 156 valence electrons. The van der Waals surface area contributed by atoms with Gasteiger partial charge in [-0.25, -0.2) is 10.4 Å². The summed E-state index contributed by atoms with van der Waals surface area (Å²) in [7, 11) is 0. The Morgan fingerprint density at radius 3 is 2.77 bits per heavy atom. The number of thioether (sulfide) groups is 2. The highest BCUT2D eigenvalue weighted by molar-refractivity contribution is 8.00. The van der Waals surface area contributed by atoms with Crippen LogP contribution < -0.4 is 10.9 Å². The number of hydrogen-bond acceptors (Lipinski definition) is 7. The number of nitrogens with zero attached hydrogens (tertiary/aromatic N) is 1. The van der Waals surface area contributed by atoms with E-state index >= 15 is 0 Å². The quantitative estimate of drug-likeness (QED) is 0.248. The normalized spacial score (nSPS) is 11.8. The lowest BCUT2D eigenvalue weighted by Gasteiger charge is -2.16. The van der Waals surface area contributed by atoms with Crippen LogP contribution in [0, 0.1) is 0 Å². The summed E-state index contributed by atoms with van der Waals surface area (Å²) in [6, 6.07) is 15.3. The molecule has 0 bridgehead atoms. The second-order valence-electron chi connectivity index (χ2n) is 6.46. The first-order chi connectivity index (χ1) is 14.7. The fourth-order valence-electron chi connectivity index (χ4n) is 2.81. The first kappa shape index (κ1) is 22.6. The van der Waals surface area contributed by atoms with Crippen LogP contribution >= 0.6 is 34.9 Å². The van der Waals surface area contributed by atoms with Gasteiger partial charge in [-0.05, 0) is 47.3 Å². The maximum atomic E-state index is 12.9. The van der Waals surface area contributed by atoms with Gasteiger partial charge in [0.15, 0.2) is 0 Å². The van der Waals surface area contributed by atoms with Gasteiger partial charge in [-0.3, -0.25) is 10.2 Å². The number of aromatic nitrogens is 1. The van der Waals surface area contributed by atoms with Gasteiger partial charge < -0.3 is 4.79 Å². The van der Waals surface area contributed by atoms with Crippen molar-refractivity contribution in [2.45, 2.75) is 22.6 Å². The third-order valence-electron chi connectivity index (χ3n) is 4.35. The summed E-state index contributed by atoms with van der Waals surface area (Å²) in [5, 5.41) is 1.96. The van der Waals surface area contributed by atoms with E-state index in [-0.39, 0.29) is 5.91 Å². The number of amides is 1. The van der Waals surface area contributed by atoms with Crippen molar-refractivity contribution < 1.29 is 9.59 Å². The summed E-state index contributed by atoms with van der Waals surface area (Å²) >= 11 is 4.96. The van der Waals surface area contributed by atoms with Crippen LogP contribution in [0.3, 0.4) is 0 Å². The summed E-state index contributed by atoms with van der Waals surface area (Å²) in [6.07, 6.45) is 5.27. The van der Waals surface area contributed by atoms with Gasteiger partial charge in [0.2, 0.25) is 0 Å². The van der Waals surface area contributed by atoms with Gasteiger partial charge in [0, 0.05) is 22.9 Å². The van der Waals surface area contributed by atoms with E-state index in [2.05, 4.69) is 21.9 Å². The first-order valence-corrected chi connectivity index (χ1v) is 12.7. The summed E-state index contributed by atoms with van der Waals surface area (Å²) in [5.41, 5.74) is 9.05. The highest BCUT2D eigenvalue weighted by Crippen LogP contribution is 2.29. The molecule has 1 heterocycles. The molecule has 1 aromatic heterocycles. The largest absolute Gasteiger partial charge is 0.302 e. The number of aldehydes is 1. The highest BCUT2D eigenvalue weighted by Gasteiger charge is 2.15. The highest BCUT2D eigenvalue weighted by atomic mass is 32.2. The Bertz CT molecular complexity index is 950. The van der Waals surface area contributed by atoms with Crippen molar-refractivity contribution in [1.29, 1.82) is 0 Å². The molecule has 3 rings (SSSR count). The minimum absolute atomic E-state index is 0.260. The van der Waals surface area contributed by atoms with Crippen molar-refractivity contribution in [3.05, 3.63) is 71.2 Å². The number of carbonyl (C=O) groups excluding carboxylic acids is 2. The van der Waals surface area contributed by atoms with Crippen molar-refractivity contribution in [1.82, 2.24) is 15.8 Å². The number of thiazole rings is 1. The smallest absolute Gasteiger partial charge is 0.266 e. The maximum Gasteiger partial charge on any atom is 0.266 e. The molecule has 2 aromatic carbocycles. The number of hydrazine groups is 1. The van der Waals surface area contributed by atoms with Crippen molar-refractivity contribution in [3.8, 4) is 11.1 Å². The van der Waals surface area contributed by atoms with E-state index in [1.165, 1.54) is 0 Å². The van der Waals surface area contributed by atoms with Crippen LogP contribution in [-0.4, -0.2) is 35.2 Å². The molecule has 0 fully saturated rings. The molecular formula is C22H23N3O2S3. The molecule has 0 spiro atoms. The molecule has 0 saturated heterocycles. The molecule has 1 atom stereocenters. The van der Waals surface area contributed by atoms with Gasteiger partial charge in [-0.2, -0.15) is 11.8 Å². The average molecular weight is 458 g/mol. The number of rotatable bonds is 11. The van der Waals surface area contributed by atoms with Crippen LogP contribution in [0.1, 0.15) is 22.3 Å². The number of nitrogens with one attached hydrogen (secondary N) is 2. The van der Waals surface area contributed by atoms with Gasteiger partial charge >= 0.3 is 0 Å². The van der Waals surface area contributed by atoms with Gasteiger partial charge in [0.05, 0.1) is 6.04 Å². The number of hydrogen-bond donors (Lipinski definition) is 2. The van der Waals surface area contributed by atoms with Gasteiger partial charge in [-0.1, -0.05) is 48.2 Å². The van der Waals surface area contributed by atoms with Crippen LogP contribution in [0.15, 0.2) is 64.4 Å². The van der Waals surface area contributed by atoms with E-state index in [9.17, 15) is 9.59 Å². The second kappa shape index (κ2) is 11.9. The Balaban J connectivity index is 1.78. The summed E-state index contributed by atoms with van der Waals surface area (Å²) in [4.78, 5) is 28.4. The zero-order valence-corrected chi connectivity index (χ0v) is 19.0. The van der Waals surface area contributed by atoms with Crippen LogP contribution in [0.25, 0.3) is 11.1 Å². The molecule has 30 heavy (non-hydrogen) atoms. The molecule has 0 radical (unpaired) electrons. The molecule has 1 amide bonds. The SMILES string of the molecule is CSCC[C@H](C=O)NNC(=O)c1ccc(CSc2nccs2)cc1-c1ccccc1. The topological polar surface area (TPSA) is 71.1 Å². The van der Waals surface area contributed by atoms with Crippen LogP contribution in [0.5, 0.6) is 0 Å². The molecule has 5 nitrogen and oxygen atoms in total. The van der Waals surface area contributed by atoms with Crippen molar-refractivity contribution in [2.75, 3.05) is 12.0 Å². The Labute approximate surface area is 189 Å². The van der Waals surface area contributed by atoms with Gasteiger partial charge in [-0.15, -0.1) is 11.3 Å². The predicted molar refractivity (Wildman–Crippen MR) is 127 cm³/mol. The van der Waals surface area contributed by atoms with E-state index in [1.54, 1.807) is 41.1 Å². The van der Waals surface area contributed by atoms with Crippen molar-refractivity contribution in [3.63, 3.8) is 0 Å². The minimum Gasteiger partial charge on any atom is -0.302 e. The molecule has 8 heteroatoms. The average Bonchev–Trinajstić information content (AvgIpc) is 3.32. The van der Waals surface area contributed by atoms with Gasteiger partial charge in [0.25, 0.3) is 5.91 Å². The fourth-order valence-corrected chi connectivity index (χ4v) is 4.88. The van der Waals surface area contributed by atoms with E-state index in [1.807, 2.05) is 54.1 Å². The molecule has 2 N–H and O–H groups in total. The van der Waals surface area contributed by atoms with Gasteiger partial charge in [0.1, 0.15) is 10.6 Å². The van der Waals surface area contributed by atoms with Crippen LogP contribution in [0.4, 0.5) is 0 Å². The van der Waals surface area contributed by atoms with E-state index in [0.717, 1.165) is 38.8 Å². The third kappa shape index (κ3) is 6.43. The van der Waals surface area contributed by atoms with E-state index in [0.29, 0.717) is 12.0 Å². The number of carbonyl (C=O) groups is 2. The van der Waals surface area contributed by atoms with E-state index < -0.39 is 6.04 Å². The summed E-state index contributed by atoms with van der Waals surface area (Å²) < 4.78 is 1.02. The van der Waals surface area contributed by atoms with E-state index in [4.69, 9.17) is 0 Å². The number of benzene rings is 2. The molecule has 3 aromatic rings. The maximum absolute atomic E-state index is 12.9. The molecule has 0 unspecified atom stereocenters. The lowest BCUT2D eigenvalue weighted by atomic mass is 9.97. The Morgan fingerprint density at radius 1 is 1.23 bits per heavy atom. The lowest BCUT2D eigenvalue weighted by Crippen LogP contribution is -2.45. The minimum atomic E-state index is -0.407. The first-order valence-electron chi connectivity index (χ1n) is 9.42. The lowest BCUT2D eigenvalue weighted by molar-refractivity contribution is -0.109. The Kier molecular flexibility index (Phi) is 8.95. The van der Waals surface area contributed by atoms with Crippen molar-refractivity contribution in [2.24, 2.45) is 0 Å². The Morgan fingerprint density at radius 2 is 2.07 bits per heavy atom. The molecule has 0 aliphatic rings. The Hall–Kier alpha value is -2.13. The molecule has 0 saturated carbocycles. The summed E-state index contributed by atoms with van der Waals surface area (Å²) in [5.74, 6) is 1.35. The van der Waals surface area contributed by atoms with Crippen LogP contribution in [0.2, 0.25) is 0 Å². The standard InChI is InChI=1S/C22H23N3O2S3/c1-28-11-9-18(14-26)24-25-21(27)19-8-7-16(15-30-22-23-10-12-29-22)13-20(19)17-5-3-2-4-6-17/h2-8,10,12-14,18,24H,9,11,15H2,1H3,(H,25,27)/t18-/m1/s1. The zero-order valence-electron chi connectivity index (χ0n) is 16.5. The molecule has 0 aliphatic carbocycles. The van der Waals surface area contributed by atoms with Crippen LogP contribution in [-0.2, 0) is 10.5 Å². The van der Waals surface area contributed by atoms with Crippen molar-refractivity contribution >= 4 is 47.1 Å². The monoisotopic (exact) mass is 457 g/mol. The fraction of sp³-hybridized carbons (Fsp3) is 0.227. The predicted octanol–water partition coefficient (Wildman–Crippen LogP) is 4.66. The summed E-state index contributed by atoms with van der Waals surface area (Å²) in [6.45, 7) is 0. The second-order valence-corrected chi connectivity index (χ2v) is 9.56.